The molecule has 0 saturated carbocycles. The number of halogens is 1. The first kappa shape index (κ1) is 19.7. The van der Waals surface area contributed by atoms with Crippen molar-refractivity contribution < 1.29 is 19.4 Å². The lowest BCUT2D eigenvalue weighted by molar-refractivity contribution is -0.141. The Labute approximate surface area is 161 Å². The number of rotatable bonds is 6. The van der Waals surface area contributed by atoms with Crippen LogP contribution in [0.5, 0.6) is 0 Å². The molecule has 1 saturated heterocycles. The minimum absolute atomic E-state index is 0.0367. The van der Waals surface area contributed by atoms with Crippen LogP contribution in [0, 0.1) is 11.2 Å². The lowest BCUT2D eigenvalue weighted by Gasteiger charge is -2.45. The molecule has 1 fully saturated rings. The van der Waals surface area contributed by atoms with Crippen LogP contribution in [0.2, 0.25) is 0 Å². The maximum absolute atomic E-state index is 13.1. The van der Waals surface area contributed by atoms with Crippen LogP contribution in [0.15, 0.2) is 29.6 Å². The second-order valence-corrected chi connectivity index (χ2v) is 8.01. The van der Waals surface area contributed by atoms with Crippen LogP contribution in [0.25, 0.3) is 0 Å². The van der Waals surface area contributed by atoms with Gasteiger partial charge in [0.15, 0.2) is 5.13 Å². The van der Waals surface area contributed by atoms with E-state index in [-0.39, 0.29) is 24.9 Å². The first-order valence-corrected chi connectivity index (χ1v) is 9.81. The van der Waals surface area contributed by atoms with Crippen molar-refractivity contribution >= 4 is 22.4 Å². The molecule has 146 valence electrons. The van der Waals surface area contributed by atoms with E-state index in [2.05, 4.69) is 4.98 Å². The summed E-state index contributed by atoms with van der Waals surface area (Å²) in [5.74, 6) is -0.370. The molecule has 1 amide bonds. The number of likely N-dealkylation sites (tertiary alicyclic amines) is 1. The number of carbonyl (C=O) groups excluding carboxylic acids is 1. The Bertz CT molecular complexity index is 783. The van der Waals surface area contributed by atoms with E-state index < -0.39 is 11.5 Å². The number of hydrogen-bond acceptors (Lipinski definition) is 6. The Balaban J connectivity index is 1.67. The van der Waals surface area contributed by atoms with Gasteiger partial charge in [0.2, 0.25) is 5.91 Å². The number of anilines is 1. The van der Waals surface area contributed by atoms with E-state index in [9.17, 15) is 19.4 Å². The summed E-state index contributed by atoms with van der Waals surface area (Å²) in [5.41, 5.74) is 6.37. The van der Waals surface area contributed by atoms with E-state index in [1.165, 1.54) is 23.5 Å². The number of aryl methyl sites for hydroxylation is 1. The number of carbonyl (C=O) groups is 1. The first-order valence-electron chi connectivity index (χ1n) is 8.93. The van der Waals surface area contributed by atoms with Crippen LogP contribution < -0.4 is 5.73 Å². The molecule has 0 spiro atoms. The highest BCUT2D eigenvalue weighted by molar-refractivity contribution is 7.13. The van der Waals surface area contributed by atoms with Gasteiger partial charge in [-0.25, -0.2) is 9.37 Å². The highest BCUT2D eigenvalue weighted by atomic mass is 32.1. The van der Waals surface area contributed by atoms with E-state index in [1.54, 1.807) is 17.0 Å². The number of aliphatic hydroxyl groups excluding tert-OH is 2. The molecular formula is C19H24FN3O3S. The summed E-state index contributed by atoms with van der Waals surface area (Å²) in [6, 6.07) is 6.01. The van der Waals surface area contributed by atoms with Crippen molar-refractivity contribution in [3.63, 3.8) is 0 Å². The van der Waals surface area contributed by atoms with Gasteiger partial charge in [-0.3, -0.25) is 4.79 Å². The van der Waals surface area contributed by atoms with Gasteiger partial charge in [0.05, 0.1) is 18.4 Å². The SMILES string of the molecule is Nc1nc(CCC(=O)N2CC[C@H](O)[C@@](CO)(Cc3ccc(F)cc3)C2)cs1. The average molecular weight is 393 g/mol. The minimum Gasteiger partial charge on any atom is -0.396 e. The standard InChI is InChI=1S/C19H24FN3O3S/c20-14-3-1-13(2-4-14)9-19(12-24)11-23(8-7-16(19)25)17(26)6-5-15-10-27-18(21)22-15/h1-4,10,16,24-25H,5-9,11-12H2,(H2,21,22)/t16-,19-/m0/s1. The van der Waals surface area contributed by atoms with Crippen molar-refractivity contribution in [1.29, 1.82) is 0 Å². The summed E-state index contributed by atoms with van der Waals surface area (Å²) >= 11 is 1.35. The molecule has 0 unspecified atom stereocenters. The van der Waals surface area contributed by atoms with E-state index >= 15 is 0 Å². The minimum atomic E-state index is -0.850. The van der Waals surface area contributed by atoms with Crippen molar-refractivity contribution in [2.24, 2.45) is 5.41 Å². The number of aromatic nitrogens is 1. The van der Waals surface area contributed by atoms with Crippen LogP contribution in [0.3, 0.4) is 0 Å². The lowest BCUT2D eigenvalue weighted by Crippen LogP contribution is -2.56. The molecule has 6 nitrogen and oxygen atoms in total. The Morgan fingerprint density at radius 1 is 1.41 bits per heavy atom. The molecule has 0 aliphatic carbocycles. The zero-order valence-electron chi connectivity index (χ0n) is 15.0. The molecule has 8 heteroatoms. The summed E-state index contributed by atoms with van der Waals surface area (Å²) in [5, 5.41) is 22.9. The van der Waals surface area contributed by atoms with Crippen LogP contribution in [-0.2, 0) is 17.6 Å². The van der Waals surface area contributed by atoms with Crippen molar-refractivity contribution in [2.45, 2.75) is 31.8 Å². The molecule has 2 atom stereocenters. The molecule has 2 heterocycles. The topological polar surface area (TPSA) is 99.7 Å². The largest absolute Gasteiger partial charge is 0.396 e. The van der Waals surface area contributed by atoms with Crippen molar-refractivity contribution in [3.05, 3.63) is 46.7 Å². The maximum atomic E-state index is 13.1. The molecule has 1 aliphatic heterocycles. The summed E-state index contributed by atoms with van der Waals surface area (Å²) < 4.78 is 13.1. The zero-order chi connectivity index (χ0) is 19.4. The number of piperidine rings is 1. The van der Waals surface area contributed by atoms with Gasteiger partial charge in [0.25, 0.3) is 0 Å². The van der Waals surface area contributed by atoms with Gasteiger partial charge in [0.1, 0.15) is 5.82 Å². The van der Waals surface area contributed by atoms with Crippen LogP contribution in [0.1, 0.15) is 24.1 Å². The van der Waals surface area contributed by atoms with Crippen LogP contribution in [0.4, 0.5) is 9.52 Å². The predicted molar refractivity (Wildman–Crippen MR) is 102 cm³/mol. The number of hydrogen-bond donors (Lipinski definition) is 3. The van der Waals surface area contributed by atoms with Gasteiger partial charge in [-0.2, -0.15) is 0 Å². The Morgan fingerprint density at radius 3 is 2.78 bits per heavy atom. The van der Waals surface area contributed by atoms with Crippen molar-refractivity contribution in [2.75, 3.05) is 25.4 Å². The van der Waals surface area contributed by atoms with E-state index in [1.807, 2.05) is 5.38 Å². The number of aliphatic hydroxyl groups is 2. The number of amides is 1. The highest BCUT2D eigenvalue weighted by Gasteiger charge is 2.43. The maximum Gasteiger partial charge on any atom is 0.222 e. The summed E-state index contributed by atoms with van der Waals surface area (Å²) in [6.07, 6.45) is 0.858. The molecule has 27 heavy (non-hydrogen) atoms. The smallest absolute Gasteiger partial charge is 0.222 e. The van der Waals surface area contributed by atoms with Crippen molar-refractivity contribution in [3.8, 4) is 0 Å². The van der Waals surface area contributed by atoms with E-state index in [0.29, 0.717) is 37.4 Å². The van der Waals surface area contributed by atoms with Crippen LogP contribution in [-0.4, -0.2) is 51.8 Å². The second-order valence-electron chi connectivity index (χ2n) is 7.12. The first-order chi connectivity index (χ1) is 12.9. The molecular weight excluding hydrogens is 369 g/mol. The fourth-order valence-electron chi connectivity index (χ4n) is 3.59. The second kappa shape index (κ2) is 8.33. The molecule has 1 aromatic heterocycles. The number of nitrogens with zero attached hydrogens (tertiary/aromatic N) is 2. The molecule has 0 radical (unpaired) electrons. The van der Waals surface area contributed by atoms with Gasteiger partial charge in [-0.1, -0.05) is 12.1 Å². The van der Waals surface area contributed by atoms with E-state index in [0.717, 1.165) is 11.3 Å². The summed E-state index contributed by atoms with van der Waals surface area (Å²) in [4.78, 5) is 18.5. The monoisotopic (exact) mass is 393 g/mol. The predicted octanol–water partition coefficient (Wildman–Crippen LogP) is 1.61. The quantitative estimate of drug-likeness (QED) is 0.692. The third-order valence-electron chi connectivity index (χ3n) is 5.19. The summed E-state index contributed by atoms with van der Waals surface area (Å²) in [7, 11) is 0. The van der Waals surface area contributed by atoms with Gasteiger partial charge in [0, 0.05) is 30.3 Å². The Kier molecular flexibility index (Phi) is 6.08. The van der Waals surface area contributed by atoms with Gasteiger partial charge >= 0.3 is 0 Å². The number of thiazole rings is 1. The van der Waals surface area contributed by atoms with Crippen molar-refractivity contribution in [1.82, 2.24) is 9.88 Å². The van der Waals surface area contributed by atoms with Gasteiger partial charge in [-0.05, 0) is 37.0 Å². The summed E-state index contributed by atoms with van der Waals surface area (Å²) in [6.45, 7) is 0.461. The Morgan fingerprint density at radius 2 is 2.15 bits per heavy atom. The lowest BCUT2D eigenvalue weighted by atomic mass is 9.73. The highest BCUT2D eigenvalue weighted by Crippen LogP contribution is 2.34. The normalized spacial score (nSPS) is 22.8. The third kappa shape index (κ3) is 4.63. The molecule has 2 aromatic rings. The fraction of sp³-hybridized carbons (Fsp3) is 0.474. The number of benzene rings is 1. The van der Waals surface area contributed by atoms with Gasteiger partial charge in [-0.15, -0.1) is 11.3 Å². The molecule has 1 aromatic carbocycles. The van der Waals surface area contributed by atoms with E-state index in [4.69, 9.17) is 5.73 Å². The molecule has 4 N–H and O–H groups in total. The Hall–Kier alpha value is -2.03. The zero-order valence-corrected chi connectivity index (χ0v) is 15.8. The third-order valence-corrected chi connectivity index (χ3v) is 5.91. The van der Waals surface area contributed by atoms with Gasteiger partial charge < -0.3 is 20.8 Å². The molecule has 3 rings (SSSR count). The van der Waals surface area contributed by atoms with Crippen LogP contribution >= 0.6 is 11.3 Å². The molecule has 1 aliphatic rings. The average Bonchev–Trinajstić information content (AvgIpc) is 3.08. The number of nitrogen functional groups attached to an aromatic ring is 1. The molecule has 0 bridgehead atoms. The fourth-order valence-corrected chi connectivity index (χ4v) is 4.18. The number of nitrogens with two attached hydrogens (primary N) is 1.